The Morgan fingerprint density at radius 3 is 2.66 bits per heavy atom. The number of anilines is 1. The van der Waals surface area contributed by atoms with Gasteiger partial charge in [0.05, 0.1) is 25.2 Å². The van der Waals surface area contributed by atoms with Crippen molar-refractivity contribution in [3.63, 3.8) is 0 Å². The van der Waals surface area contributed by atoms with Crippen LogP contribution in [0.2, 0.25) is 0 Å². The molecule has 4 rings (SSSR count). The van der Waals surface area contributed by atoms with Crippen molar-refractivity contribution in [3.8, 4) is 0 Å². The fourth-order valence-corrected chi connectivity index (χ4v) is 4.05. The van der Waals surface area contributed by atoms with Crippen molar-refractivity contribution >= 4 is 17.5 Å². The maximum absolute atomic E-state index is 13.3. The van der Waals surface area contributed by atoms with Crippen LogP contribution in [0, 0.1) is 5.41 Å². The molecule has 2 aromatic rings. The molecule has 7 heteroatoms. The number of rotatable bonds is 8. The highest BCUT2D eigenvalue weighted by molar-refractivity contribution is 6.07. The number of benzene rings is 2. The first-order valence-electron chi connectivity index (χ1n) is 9.59. The van der Waals surface area contributed by atoms with E-state index < -0.39 is 24.3 Å². The summed E-state index contributed by atoms with van der Waals surface area (Å²) in [6.07, 6.45) is -1.97. The molecular weight excluding hydrogens is 378 g/mol. The van der Waals surface area contributed by atoms with Crippen LogP contribution in [0.15, 0.2) is 54.6 Å². The van der Waals surface area contributed by atoms with Crippen LogP contribution in [0.1, 0.15) is 23.5 Å². The summed E-state index contributed by atoms with van der Waals surface area (Å²) in [7, 11) is 0. The van der Waals surface area contributed by atoms with Crippen LogP contribution in [-0.2, 0) is 20.9 Å². The molecule has 0 unspecified atom stereocenters. The van der Waals surface area contributed by atoms with Crippen LogP contribution < -0.4 is 10.2 Å². The van der Waals surface area contributed by atoms with Gasteiger partial charge in [-0.25, -0.2) is 8.78 Å². The van der Waals surface area contributed by atoms with Crippen molar-refractivity contribution in [1.29, 1.82) is 0 Å². The van der Waals surface area contributed by atoms with Crippen LogP contribution in [0.3, 0.4) is 0 Å². The number of amides is 2. The molecule has 2 aliphatic rings. The molecule has 2 amide bonds. The van der Waals surface area contributed by atoms with Gasteiger partial charge in [0.15, 0.2) is 0 Å². The second kappa shape index (κ2) is 7.91. The summed E-state index contributed by atoms with van der Waals surface area (Å²) >= 11 is 0. The number of ether oxygens (including phenoxy) is 1. The van der Waals surface area contributed by atoms with E-state index in [0.29, 0.717) is 18.7 Å². The highest BCUT2D eigenvalue weighted by Gasteiger charge is 2.65. The normalized spacial score (nSPS) is 22.2. The molecule has 1 N–H and O–H groups in total. The van der Waals surface area contributed by atoms with Gasteiger partial charge in [-0.2, -0.15) is 0 Å². The van der Waals surface area contributed by atoms with Crippen molar-refractivity contribution < 1.29 is 23.1 Å². The quantitative estimate of drug-likeness (QED) is 0.741. The van der Waals surface area contributed by atoms with Crippen molar-refractivity contribution in [1.82, 2.24) is 5.32 Å². The summed E-state index contributed by atoms with van der Waals surface area (Å²) < 4.78 is 30.6. The molecule has 0 bridgehead atoms. The Morgan fingerprint density at radius 1 is 1.17 bits per heavy atom. The first-order chi connectivity index (χ1) is 14.0. The number of para-hydroxylation sites is 1. The molecule has 1 heterocycles. The summed E-state index contributed by atoms with van der Waals surface area (Å²) in [5, 5.41) is 2.17. The monoisotopic (exact) mass is 400 g/mol. The van der Waals surface area contributed by atoms with Gasteiger partial charge in [0.1, 0.15) is 6.54 Å². The fraction of sp³-hybridized carbons (Fsp3) is 0.364. The number of fused-ring (bicyclic) bond motifs is 3. The van der Waals surface area contributed by atoms with Gasteiger partial charge >= 0.3 is 0 Å². The van der Waals surface area contributed by atoms with Crippen LogP contribution in [0.5, 0.6) is 0 Å². The number of hydrogen-bond acceptors (Lipinski definition) is 3. The zero-order chi connectivity index (χ0) is 20.4. The van der Waals surface area contributed by atoms with Crippen LogP contribution in [0.25, 0.3) is 0 Å². The zero-order valence-corrected chi connectivity index (χ0v) is 15.8. The summed E-state index contributed by atoms with van der Waals surface area (Å²) in [5.41, 5.74) is 2.00. The minimum Gasteiger partial charge on any atom is -0.376 e. The lowest BCUT2D eigenvalue weighted by Crippen LogP contribution is -2.48. The Morgan fingerprint density at radius 2 is 1.90 bits per heavy atom. The smallest absolute Gasteiger partial charge is 0.255 e. The highest BCUT2D eigenvalue weighted by atomic mass is 19.3. The molecular formula is C22H22F2N2O3. The lowest BCUT2D eigenvalue weighted by atomic mass is 9.92. The molecule has 1 aliphatic carbocycles. The molecule has 29 heavy (non-hydrogen) atoms. The Hall–Kier alpha value is -2.80. The minimum absolute atomic E-state index is 0.0577. The number of carbonyl (C=O) groups excluding carboxylic acids is 2. The van der Waals surface area contributed by atoms with Crippen molar-refractivity contribution in [2.24, 2.45) is 5.41 Å². The largest absolute Gasteiger partial charge is 0.376 e. The van der Waals surface area contributed by atoms with E-state index in [1.807, 2.05) is 42.5 Å². The minimum atomic E-state index is -2.63. The summed E-state index contributed by atoms with van der Waals surface area (Å²) in [5.74, 6) is -0.725. The van der Waals surface area contributed by atoms with E-state index in [2.05, 4.69) is 5.32 Å². The third kappa shape index (κ3) is 3.87. The van der Waals surface area contributed by atoms with Gasteiger partial charge in [-0.1, -0.05) is 48.5 Å². The second-order valence-corrected chi connectivity index (χ2v) is 7.54. The molecule has 2 aromatic carbocycles. The molecule has 5 nitrogen and oxygen atoms in total. The average molecular weight is 400 g/mol. The third-order valence-electron chi connectivity index (χ3n) is 5.58. The standard InChI is InChI=1S/C22H22F2N2O3/c23-19(24)11-25-20(27)12-26-18-9-5-4-8-16(18)17-10-22(17,21(26)28)14-29-13-15-6-2-1-3-7-15/h1-9,17,19H,10-14H2,(H,25,27)/t17-,22+/m0/s1. The molecule has 1 aliphatic heterocycles. The predicted molar refractivity (Wildman–Crippen MR) is 104 cm³/mol. The van der Waals surface area contributed by atoms with Gasteiger partial charge in [-0.15, -0.1) is 0 Å². The van der Waals surface area contributed by atoms with E-state index in [-0.39, 0.29) is 25.0 Å². The molecule has 1 saturated carbocycles. The Kier molecular flexibility index (Phi) is 5.32. The van der Waals surface area contributed by atoms with Crippen molar-refractivity contribution in [2.75, 3.05) is 24.6 Å². The molecule has 152 valence electrons. The summed E-state index contributed by atoms with van der Waals surface area (Å²) in [6, 6.07) is 17.2. The Bertz CT molecular complexity index is 906. The van der Waals surface area contributed by atoms with Gasteiger partial charge in [-0.05, 0) is 23.6 Å². The number of alkyl halides is 2. The number of hydrogen-bond donors (Lipinski definition) is 1. The molecule has 1 fully saturated rings. The summed E-state index contributed by atoms with van der Waals surface area (Å²) in [4.78, 5) is 26.8. The molecule has 2 atom stereocenters. The Balaban J connectivity index is 1.49. The van der Waals surface area contributed by atoms with E-state index in [0.717, 1.165) is 11.1 Å². The highest BCUT2D eigenvalue weighted by Crippen LogP contribution is 2.65. The average Bonchev–Trinajstić information content (AvgIpc) is 3.47. The second-order valence-electron chi connectivity index (χ2n) is 7.54. The predicted octanol–water partition coefficient (Wildman–Crippen LogP) is 3.11. The Labute approximate surface area is 167 Å². The van der Waals surface area contributed by atoms with Crippen molar-refractivity contribution in [2.45, 2.75) is 25.4 Å². The van der Waals surface area contributed by atoms with E-state index in [9.17, 15) is 18.4 Å². The summed E-state index contributed by atoms with van der Waals surface area (Å²) in [6.45, 7) is -0.347. The number of nitrogens with one attached hydrogen (secondary N) is 1. The van der Waals surface area contributed by atoms with E-state index in [1.54, 1.807) is 12.1 Å². The first-order valence-corrected chi connectivity index (χ1v) is 9.59. The maximum atomic E-state index is 13.3. The van der Waals surface area contributed by atoms with E-state index in [1.165, 1.54) is 4.90 Å². The lowest BCUT2D eigenvalue weighted by Gasteiger charge is -2.33. The maximum Gasteiger partial charge on any atom is 0.255 e. The molecule has 0 radical (unpaired) electrons. The van der Waals surface area contributed by atoms with Gasteiger partial charge in [-0.3, -0.25) is 9.59 Å². The number of halogens is 2. The van der Waals surface area contributed by atoms with Gasteiger partial charge in [0.2, 0.25) is 11.8 Å². The lowest BCUT2D eigenvalue weighted by molar-refractivity contribution is -0.129. The topological polar surface area (TPSA) is 58.6 Å². The van der Waals surface area contributed by atoms with Crippen LogP contribution >= 0.6 is 0 Å². The fourth-order valence-electron chi connectivity index (χ4n) is 4.05. The first kappa shape index (κ1) is 19.5. The van der Waals surface area contributed by atoms with E-state index >= 15 is 0 Å². The number of nitrogens with zero attached hydrogens (tertiary/aromatic N) is 1. The molecule has 0 aromatic heterocycles. The van der Waals surface area contributed by atoms with Crippen LogP contribution in [0.4, 0.5) is 14.5 Å². The zero-order valence-electron chi connectivity index (χ0n) is 15.8. The van der Waals surface area contributed by atoms with Gasteiger partial charge in [0, 0.05) is 11.6 Å². The van der Waals surface area contributed by atoms with Crippen molar-refractivity contribution in [3.05, 3.63) is 65.7 Å². The van der Waals surface area contributed by atoms with Gasteiger partial charge < -0.3 is 15.0 Å². The van der Waals surface area contributed by atoms with E-state index in [4.69, 9.17) is 4.74 Å². The number of carbonyl (C=O) groups is 2. The SMILES string of the molecule is O=C(CN1C(=O)[C@@]2(COCc3ccccc3)C[C@H]2c2ccccc21)NCC(F)F. The molecule has 0 saturated heterocycles. The van der Waals surface area contributed by atoms with Gasteiger partial charge in [0.25, 0.3) is 6.43 Å². The molecule has 0 spiro atoms. The third-order valence-corrected chi connectivity index (χ3v) is 5.58. The van der Waals surface area contributed by atoms with Crippen LogP contribution in [-0.4, -0.2) is 37.9 Å².